The number of benzene rings is 1. The van der Waals surface area contributed by atoms with Crippen LogP contribution in [-0.4, -0.2) is 13.7 Å². The van der Waals surface area contributed by atoms with Crippen molar-refractivity contribution in [2.24, 2.45) is 0 Å². The van der Waals surface area contributed by atoms with E-state index in [0.29, 0.717) is 10.8 Å². The van der Waals surface area contributed by atoms with Crippen molar-refractivity contribution < 1.29 is 4.74 Å². The molecule has 1 unspecified atom stereocenters. The Morgan fingerprint density at radius 3 is 3.00 bits per heavy atom. The number of fused-ring (bicyclic) bond motifs is 1. The lowest BCUT2D eigenvalue weighted by Crippen LogP contribution is -2.13. The van der Waals surface area contributed by atoms with Crippen molar-refractivity contribution >= 4 is 28.9 Å². The van der Waals surface area contributed by atoms with Crippen molar-refractivity contribution in [3.8, 4) is 5.75 Å². The fourth-order valence-electron chi connectivity index (χ4n) is 1.63. The molecule has 1 N–H and O–H groups in total. The molecule has 0 saturated heterocycles. The van der Waals surface area contributed by atoms with Gasteiger partial charge >= 0.3 is 0 Å². The average Bonchev–Trinajstić information content (AvgIpc) is 2.17. The van der Waals surface area contributed by atoms with Crippen molar-refractivity contribution in [1.29, 1.82) is 0 Å². The van der Waals surface area contributed by atoms with Crippen LogP contribution in [0.15, 0.2) is 12.1 Å². The van der Waals surface area contributed by atoms with E-state index in [4.69, 9.17) is 27.9 Å². The van der Waals surface area contributed by atoms with Gasteiger partial charge in [0.05, 0.1) is 17.5 Å². The van der Waals surface area contributed by atoms with Crippen LogP contribution in [0.3, 0.4) is 0 Å². The van der Waals surface area contributed by atoms with Crippen LogP contribution in [0.5, 0.6) is 5.75 Å². The lowest BCUT2D eigenvalue weighted by atomic mass is 10.0. The van der Waals surface area contributed by atoms with E-state index < -0.39 is 0 Å². The summed E-state index contributed by atoms with van der Waals surface area (Å²) in [4.78, 5) is 0. The van der Waals surface area contributed by atoms with E-state index in [-0.39, 0.29) is 5.38 Å². The summed E-state index contributed by atoms with van der Waals surface area (Å²) in [6, 6.07) is 3.77. The van der Waals surface area contributed by atoms with Gasteiger partial charge in [0.1, 0.15) is 5.75 Å². The number of anilines is 1. The Morgan fingerprint density at radius 2 is 2.29 bits per heavy atom. The fourth-order valence-corrected chi connectivity index (χ4v) is 2.16. The zero-order valence-electron chi connectivity index (χ0n) is 7.81. The molecule has 0 spiro atoms. The molecule has 1 aliphatic heterocycles. The van der Waals surface area contributed by atoms with Crippen molar-refractivity contribution in [2.75, 3.05) is 19.0 Å². The van der Waals surface area contributed by atoms with E-state index in [2.05, 4.69) is 5.32 Å². The van der Waals surface area contributed by atoms with Crippen LogP contribution in [0.1, 0.15) is 17.4 Å². The standard InChI is InChI=1S/C10H11Cl2NO/c1-14-10-4-6-7(11)2-3-13-9(6)5-8(10)12/h4-5,7,13H,2-3H2,1H3. The summed E-state index contributed by atoms with van der Waals surface area (Å²) in [6.07, 6.45) is 0.930. The fraction of sp³-hybridized carbons (Fsp3) is 0.400. The molecule has 0 fully saturated rings. The third-order valence-electron chi connectivity index (χ3n) is 2.37. The highest BCUT2D eigenvalue weighted by atomic mass is 35.5. The van der Waals surface area contributed by atoms with Gasteiger partial charge in [0, 0.05) is 12.2 Å². The topological polar surface area (TPSA) is 21.3 Å². The van der Waals surface area contributed by atoms with E-state index in [1.165, 1.54) is 0 Å². The van der Waals surface area contributed by atoms with Crippen LogP contribution >= 0.6 is 23.2 Å². The lowest BCUT2D eigenvalue weighted by Gasteiger charge is -2.23. The second-order valence-corrected chi connectivity index (χ2v) is 4.19. The van der Waals surface area contributed by atoms with Gasteiger partial charge in [0.25, 0.3) is 0 Å². The number of rotatable bonds is 1. The average molecular weight is 232 g/mol. The molecule has 76 valence electrons. The zero-order chi connectivity index (χ0) is 10.1. The smallest absolute Gasteiger partial charge is 0.137 e. The number of halogens is 2. The minimum atomic E-state index is 0.0532. The van der Waals surface area contributed by atoms with Crippen LogP contribution < -0.4 is 10.1 Å². The molecule has 1 aliphatic rings. The van der Waals surface area contributed by atoms with Gasteiger partial charge < -0.3 is 10.1 Å². The first-order chi connectivity index (χ1) is 6.72. The summed E-state index contributed by atoms with van der Waals surface area (Å²) in [5, 5.41) is 3.93. The van der Waals surface area contributed by atoms with E-state index >= 15 is 0 Å². The summed E-state index contributed by atoms with van der Waals surface area (Å²) >= 11 is 12.2. The Balaban J connectivity index is 2.49. The minimum absolute atomic E-state index is 0.0532. The number of ether oxygens (including phenoxy) is 1. The Hall–Kier alpha value is -0.600. The van der Waals surface area contributed by atoms with Gasteiger partial charge in [-0.2, -0.15) is 0 Å². The summed E-state index contributed by atoms with van der Waals surface area (Å²) in [6.45, 7) is 0.893. The third kappa shape index (κ3) is 1.64. The number of alkyl halides is 1. The highest BCUT2D eigenvalue weighted by Gasteiger charge is 2.19. The highest BCUT2D eigenvalue weighted by Crippen LogP contribution is 2.40. The maximum absolute atomic E-state index is 6.19. The Morgan fingerprint density at radius 1 is 1.50 bits per heavy atom. The van der Waals surface area contributed by atoms with Crippen molar-refractivity contribution in [3.63, 3.8) is 0 Å². The molecule has 0 aliphatic carbocycles. The van der Waals surface area contributed by atoms with Crippen LogP contribution in [0.2, 0.25) is 5.02 Å². The largest absolute Gasteiger partial charge is 0.495 e. The number of hydrogen-bond donors (Lipinski definition) is 1. The van der Waals surface area contributed by atoms with Gasteiger partial charge in [-0.1, -0.05) is 11.6 Å². The van der Waals surface area contributed by atoms with E-state index in [0.717, 1.165) is 24.2 Å². The maximum atomic E-state index is 6.19. The molecule has 1 aromatic carbocycles. The molecule has 14 heavy (non-hydrogen) atoms. The van der Waals surface area contributed by atoms with Gasteiger partial charge in [0.15, 0.2) is 0 Å². The predicted octanol–water partition coefficient (Wildman–Crippen LogP) is 3.44. The molecule has 0 saturated carbocycles. The number of hydrogen-bond acceptors (Lipinski definition) is 2. The molecule has 1 aromatic rings. The zero-order valence-corrected chi connectivity index (χ0v) is 9.32. The molecule has 0 bridgehead atoms. The van der Waals surface area contributed by atoms with Gasteiger partial charge in [-0.3, -0.25) is 0 Å². The van der Waals surface area contributed by atoms with Crippen molar-refractivity contribution in [2.45, 2.75) is 11.8 Å². The lowest BCUT2D eigenvalue weighted by molar-refractivity contribution is 0.414. The molecule has 2 nitrogen and oxygen atoms in total. The second-order valence-electron chi connectivity index (χ2n) is 3.26. The van der Waals surface area contributed by atoms with Gasteiger partial charge in [-0.05, 0) is 24.1 Å². The molecular formula is C10H11Cl2NO. The van der Waals surface area contributed by atoms with Crippen molar-refractivity contribution in [3.05, 3.63) is 22.7 Å². The molecule has 1 heterocycles. The second kappa shape index (κ2) is 3.87. The van der Waals surface area contributed by atoms with E-state index in [1.54, 1.807) is 7.11 Å². The predicted molar refractivity (Wildman–Crippen MR) is 59.7 cm³/mol. The monoisotopic (exact) mass is 231 g/mol. The summed E-state index contributed by atoms with van der Waals surface area (Å²) in [5.41, 5.74) is 2.08. The van der Waals surface area contributed by atoms with E-state index in [9.17, 15) is 0 Å². The quantitative estimate of drug-likeness (QED) is 0.749. The molecular weight excluding hydrogens is 221 g/mol. The Kier molecular flexibility index (Phi) is 2.75. The van der Waals surface area contributed by atoms with Gasteiger partial charge in [-0.15, -0.1) is 11.6 Å². The van der Waals surface area contributed by atoms with Crippen LogP contribution in [-0.2, 0) is 0 Å². The minimum Gasteiger partial charge on any atom is -0.495 e. The maximum Gasteiger partial charge on any atom is 0.137 e. The van der Waals surface area contributed by atoms with Crippen LogP contribution in [0, 0.1) is 0 Å². The molecule has 0 amide bonds. The van der Waals surface area contributed by atoms with Crippen LogP contribution in [0.25, 0.3) is 0 Å². The molecule has 0 aromatic heterocycles. The highest BCUT2D eigenvalue weighted by molar-refractivity contribution is 6.32. The first kappa shape index (κ1) is 9.94. The normalized spacial score (nSPS) is 19.8. The Bertz CT molecular complexity index is 354. The summed E-state index contributed by atoms with van der Waals surface area (Å²) < 4.78 is 5.14. The molecule has 0 radical (unpaired) electrons. The first-order valence-electron chi connectivity index (χ1n) is 4.47. The molecule has 2 rings (SSSR count). The van der Waals surface area contributed by atoms with Crippen LogP contribution in [0.4, 0.5) is 5.69 Å². The first-order valence-corrected chi connectivity index (χ1v) is 5.29. The molecule has 4 heteroatoms. The van der Waals surface area contributed by atoms with Crippen molar-refractivity contribution in [1.82, 2.24) is 0 Å². The SMILES string of the molecule is COc1cc2c(cc1Cl)NCCC2Cl. The Labute approximate surface area is 93.2 Å². The summed E-state index contributed by atoms with van der Waals surface area (Å²) in [5.74, 6) is 0.680. The summed E-state index contributed by atoms with van der Waals surface area (Å²) in [7, 11) is 1.60. The number of nitrogens with one attached hydrogen (secondary N) is 1. The van der Waals surface area contributed by atoms with Gasteiger partial charge in [-0.25, -0.2) is 0 Å². The van der Waals surface area contributed by atoms with E-state index in [1.807, 2.05) is 12.1 Å². The third-order valence-corrected chi connectivity index (χ3v) is 3.12. The number of methoxy groups -OCH3 is 1. The molecule has 1 atom stereocenters. The van der Waals surface area contributed by atoms with Gasteiger partial charge in [0.2, 0.25) is 0 Å².